The summed E-state index contributed by atoms with van der Waals surface area (Å²) in [4.78, 5) is 15.1. The maximum atomic E-state index is 12.7. The van der Waals surface area contributed by atoms with Gasteiger partial charge in [0.2, 0.25) is 0 Å². The highest BCUT2D eigenvalue weighted by Gasteiger charge is 2.31. The SMILES string of the molecule is O=C(Nc1c2c(cc3c1CCC3)CCC2)NS(=O)(=O)/C=C/C1CCCN1C1CCOCC1. The van der Waals surface area contributed by atoms with Crippen LogP contribution in [0.3, 0.4) is 0 Å². The van der Waals surface area contributed by atoms with Crippen LogP contribution in [-0.2, 0) is 40.4 Å². The van der Waals surface area contributed by atoms with E-state index in [2.05, 4.69) is 21.0 Å². The van der Waals surface area contributed by atoms with Crippen LogP contribution in [0.5, 0.6) is 0 Å². The van der Waals surface area contributed by atoms with Crippen LogP contribution in [0.1, 0.15) is 60.8 Å². The fraction of sp³-hybridized carbons (Fsp3) is 0.625. The second-order valence-electron chi connectivity index (χ2n) is 9.45. The normalized spacial score (nSPS) is 24.1. The largest absolute Gasteiger partial charge is 0.381 e. The molecule has 1 aromatic carbocycles. The van der Waals surface area contributed by atoms with Gasteiger partial charge in [-0.15, -0.1) is 0 Å². The molecule has 2 N–H and O–H groups in total. The zero-order chi connectivity index (χ0) is 22.1. The van der Waals surface area contributed by atoms with Gasteiger partial charge < -0.3 is 10.1 Å². The summed E-state index contributed by atoms with van der Waals surface area (Å²) in [5.41, 5.74) is 5.83. The van der Waals surface area contributed by atoms with Crippen molar-refractivity contribution in [2.24, 2.45) is 0 Å². The maximum Gasteiger partial charge on any atom is 0.333 e. The first-order chi connectivity index (χ1) is 15.5. The number of fused-ring (bicyclic) bond motifs is 2. The van der Waals surface area contributed by atoms with Crippen LogP contribution in [0, 0.1) is 0 Å². The summed E-state index contributed by atoms with van der Waals surface area (Å²) in [6.07, 6.45) is 11.8. The number of amides is 2. The average molecular weight is 460 g/mol. The molecule has 1 unspecified atom stereocenters. The van der Waals surface area contributed by atoms with Crippen LogP contribution in [-0.4, -0.2) is 51.2 Å². The summed E-state index contributed by atoms with van der Waals surface area (Å²) < 4.78 is 32.9. The first kappa shape index (κ1) is 21.9. The van der Waals surface area contributed by atoms with Crippen LogP contribution in [0.2, 0.25) is 0 Å². The number of rotatable bonds is 5. The molecule has 4 aliphatic rings. The molecule has 0 radical (unpaired) electrons. The third-order valence-corrected chi connectivity index (χ3v) is 8.41. The van der Waals surface area contributed by atoms with Gasteiger partial charge >= 0.3 is 6.03 Å². The predicted molar refractivity (Wildman–Crippen MR) is 124 cm³/mol. The van der Waals surface area contributed by atoms with Crippen LogP contribution in [0.4, 0.5) is 10.5 Å². The molecule has 2 saturated heterocycles. The highest BCUT2D eigenvalue weighted by molar-refractivity contribution is 7.92. The first-order valence-corrected chi connectivity index (χ1v) is 13.6. The second-order valence-corrected chi connectivity index (χ2v) is 11.0. The quantitative estimate of drug-likeness (QED) is 0.706. The van der Waals surface area contributed by atoms with Crippen LogP contribution >= 0.6 is 0 Å². The molecule has 2 aliphatic heterocycles. The molecule has 2 fully saturated rings. The number of likely N-dealkylation sites (tertiary alicyclic amines) is 1. The topological polar surface area (TPSA) is 87.7 Å². The molecule has 1 aromatic rings. The smallest absolute Gasteiger partial charge is 0.333 e. The van der Waals surface area contributed by atoms with Gasteiger partial charge in [-0.25, -0.2) is 17.9 Å². The monoisotopic (exact) mass is 459 g/mol. The van der Waals surface area contributed by atoms with Crippen LogP contribution in [0.15, 0.2) is 17.6 Å². The Morgan fingerprint density at radius 1 is 1.00 bits per heavy atom. The van der Waals surface area contributed by atoms with Gasteiger partial charge in [-0.05, 0) is 93.0 Å². The molecule has 7 nitrogen and oxygen atoms in total. The molecule has 1 atom stereocenters. The third-order valence-electron chi connectivity index (χ3n) is 7.43. The molecular formula is C24H33N3O4S. The van der Waals surface area contributed by atoms with Gasteiger partial charge in [0.05, 0.1) is 0 Å². The summed E-state index contributed by atoms with van der Waals surface area (Å²) in [5.74, 6) is 0. The Hall–Kier alpha value is -1.90. The average Bonchev–Trinajstić information content (AvgIpc) is 3.52. The van der Waals surface area contributed by atoms with Gasteiger partial charge in [0.25, 0.3) is 10.0 Å². The number of aryl methyl sites for hydroxylation is 2. The second kappa shape index (κ2) is 9.15. The minimum Gasteiger partial charge on any atom is -0.381 e. The number of hydrogen-bond donors (Lipinski definition) is 2. The molecule has 2 heterocycles. The lowest BCUT2D eigenvalue weighted by Gasteiger charge is -2.34. The van der Waals surface area contributed by atoms with Gasteiger partial charge in [-0.3, -0.25) is 4.90 Å². The van der Waals surface area contributed by atoms with Gasteiger partial charge in [0.1, 0.15) is 0 Å². The Kier molecular flexibility index (Phi) is 6.27. The molecule has 0 bridgehead atoms. The van der Waals surface area contributed by atoms with Gasteiger partial charge in [0.15, 0.2) is 0 Å². The van der Waals surface area contributed by atoms with Crippen molar-refractivity contribution in [1.29, 1.82) is 0 Å². The number of benzene rings is 1. The van der Waals surface area contributed by atoms with E-state index < -0.39 is 16.1 Å². The number of urea groups is 1. The molecule has 174 valence electrons. The van der Waals surface area contributed by atoms with Crippen molar-refractivity contribution in [1.82, 2.24) is 9.62 Å². The van der Waals surface area contributed by atoms with E-state index in [1.165, 1.54) is 27.7 Å². The number of carbonyl (C=O) groups excluding carboxylic acids is 1. The number of ether oxygens (including phenoxy) is 1. The molecule has 0 spiro atoms. The summed E-state index contributed by atoms with van der Waals surface area (Å²) >= 11 is 0. The summed E-state index contributed by atoms with van der Waals surface area (Å²) in [6.45, 7) is 2.52. The lowest BCUT2D eigenvalue weighted by Crippen LogP contribution is -2.41. The van der Waals surface area contributed by atoms with Crippen molar-refractivity contribution in [2.75, 3.05) is 25.1 Å². The summed E-state index contributed by atoms with van der Waals surface area (Å²) in [5, 5.41) is 4.08. The number of nitrogens with one attached hydrogen (secondary N) is 2. The van der Waals surface area contributed by atoms with Crippen molar-refractivity contribution < 1.29 is 17.9 Å². The van der Waals surface area contributed by atoms with Crippen LogP contribution < -0.4 is 10.0 Å². The lowest BCUT2D eigenvalue weighted by molar-refractivity contribution is 0.0350. The Morgan fingerprint density at radius 3 is 2.38 bits per heavy atom. The molecule has 0 saturated carbocycles. The van der Waals surface area contributed by atoms with Crippen molar-refractivity contribution in [3.05, 3.63) is 39.8 Å². The molecule has 2 aliphatic carbocycles. The highest BCUT2D eigenvalue weighted by atomic mass is 32.2. The Morgan fingerprint density at radius 2 is 1.69 bits per heavy atom. The molecular weight excluding hydrogens is 426 g/mol. The van der Waals surface area contributed by atoms with E-state index in [1.807, 2.05) is 0 Å². The zero-order valence-corrected chi connectivity index (χ0v) is 19.4. The zero-order valence-electron chi connectivity index (χ0n) is 18.6. The predicted octanol–water partition coefficient (Wildman–Crippen LogP) is 3.27. The molecule has 8 heteroatoms. The Labute approximate surface area is 190 Å². The Balaban J connectivity index is 1.25. The lowest BCUT2D eigenvalue weighted by atomic mass is 9.99. The highest BCUT2D eigenvalue weighted by Crippen LogP contribution is 2.38. The number of anilines is 1. The van der Waals surface area contributed by atoms with E-state index in [0.29, 0.717) is 6.04 Å². The number of carbonyl (C=O) groups is 1. The van der Waals surface area contributed by atoms with Crippen molar-refractivity contribution in [3.8, 4) is 0 Å². The first-order valence-electron chi connectivity index (χ1n) is 12.0. The van der Waals surface area contributed by atoms with Gasteiger partial charge in [-0.2, -0.15) is 0 Å². The number of hydrogen-bond acceptors (Lipinski definition) is 5. The number of nitrogens with zero attached hydrogens (tertiary/aromatic N) is 1. The van der Waals surface area contributed by atoms with E-state index in [1.54, 1.807) is 6.08 Å². The number of sulfonamides is 1. The van der Waals surface area contributed by atoms with E-state index in [-0.39, 0.29) is 6.04 Å². The molecule has 2 amide bonds. The molecule has 5 rings (SSSR count). The van der Waals surface area contributed by atoms with E-state index >= 15 is 0 Å². The fourth-order valence-corrected chi connectivity index (χ4v) is 6.72. The van der Waals surface area contributed by atoms with E-state index in [4.69, 9.17) is 4.74 Å². The van der Waals surface area contributed by atoms with Crippen molar-refractivity contribution >= 4 is 21.7 Å². The van der Waals surface area contributed by atoms with E-state index in [0.717, 1.165) is 89.7 Å². The standard InChI is InChI=1S/C24H33N3O4S/c28-24(25-23-21-7-1-4-17(21)16-18-5-2-8-22(18)23)26-32(29,30)15-11-19-6-3-12-27(19)20-9-13-31-14-10-20/h11,15-16,19-20H,1-10,12-14H2,(H2,25,26,28)/b15-11+. The van der Waals surface area contributed by atoms with Crippen molar-refractivity contribution in [2.45, 2.75) is 76.3 Å². The van der Waals surface area contributed by atoms with Crippen molar-refractivity contribution in [3.63, 3.8) is 0 Å². The third kappa shape index (κ3) is 4.58. The minimum absolute atomic E-state index is 0.0957. The Bertz CT molecular complexity index is 982. The maximum absolute atomic E-state index is 12.7. The fourth-order valence-electron chi connectivity index (χ4n) is 5.96. The molecule has 32 heavy (non-hydrogen) atoms. The minimum atomic E-state index is -3.86. The summed E-state index contributed by atoms with van der Waals surface area (Å²) in [6, 6.07) is 2.16. The van der Waals surface area contributed by atoms with E-state index in [9.17, 15) is 13.2 Å². The van der Waals surface area contributed by atoms with Crippen LogP contribution in [0.25, 0.3) is 0 Å². The van der Waals surface area contributed by atoms with Gasteiger partial charge in [-0.1, -0.05) is 12.1 Å². The summed E-state index contributed by atoms with van der Waals surface area (Å²) in [7, 11) is -3.86. The van der Waals surface area contributed by atoms with Gasteiger partial charge in [0, 0.05) is 36.4 Å². The molecule has 0 aromatic heterocycles.